The molecule has 0 spiro atoms. The van der Waals surface area contributed by atoms with Crippen LogP contribution in [0.2, 0.25) is 0 Å². The molecule has 1 atom stereocenters. The number of hydrogen-bond donors (Lipinski definition) is 0. The third kappa shape index (κ3) is 5.45. The Morgan fingerprint density at radius 1 is 0.778 bits per heavy atom. The van der Waals surface area contributed by atoms with Crippen molar-refractivity contribution >= 4 is 5.97 Å². The lowest BCUT2D eigenvalue weighted by molar-refractivity contribution is -0.140. The van der Waals surface area contributed by atoms with E-state index in [0.29, 0.717) is 12.2 Å². The number of carbonyl (C=O) groups is 1. The molecule has 3 heteroatoms. The second kappa shape index (κ2) is 9.04. The van der Waals surface area contributed by atoms with E-state index in [1.807, 2.05) is 86.6 Å². The Morgan fingerprint density at radius 2 is 1.37 bits per heavy atom. The van der Waals surface area contributed by atoms with Crippen LogP contribution in [0.25, 0.3) is 0 Å². The molecular formula is C24H24O3. The minimum absolute atomic E-state index is 0.167. The highest BCUT2D eigenvalue weighted by Crippen LogP contribution is 2.25. The average molecular weight is 360 g/mol. The summed E-state index contributed by atoms with van der Waals surface area (Å²) in [7, 11) is 0. The molecule has 3 nitrogen and oxygen atoms in total. The van der Waals surface area contributed by atoms with Crippen molar-refractivity contribution in [2.75, 3.05) is 0 Å². The summed E-state index contributed by atoms with van der Waals surface area (Å²) in [6, 6.07) is 26.7. The molecule has 0 aromatic heterocycles. The van der Waals surface area contributed by atoms with Gasteiger partial charge in [0, 0.05) is 0 Å². The van der Waals surface area contributed by atoms with Gasteiger partial charge in [-0.25, -0.2) is 0 Å². The van der Waals surface area contributed by atoms with Crippen molar-refractivity contribution in [3.8, 4) is 17.2 Å². The van der Waals surface area contributed by atoms with Crippen molar-refractivity contribution in [1.82, 2.24) is 0 Å². The first-order valence-corrected chi connectivity index (χ1v) is 9.20. The van der Waals surface area contributed by atoms with Gasteiger partial charge in [0.15, 0.2) is 0 Å². The van der Waals surface area contributed by atoms with E-state index in [4.69, 9.17) is 9.47 Å². The summed E-state index contributed by atoms with van der Waals surface area (Å²) in [6.45, 7) is 4.09. The predicted octanol–water partition coefficient (Wildman–Crippen LogP) is 5.90. The highest BCUT2D eigenvalue weighted by Gasteiger charge is 2.25. The fraction of sp³-hybridized carbons (Fsp3) is 0.208. The van der Waals surface area contributed by atoms with E-state index < -0.39 is 0 Å². The molecule has 0 fully saturated rings. The molecule has 138 valence electrons. The number of ether oxygens (including phenoxy) is 2. The van der Waals surface area contributed by atoms with Crippen LogP contribution in [-0.2, 0) is 11.2 Å². The molecule has 3 aromatic carbocycles. The molecule has 0 saturated carbocycles. The summed E-state index contributed by atoms with van der Waals surface area (Å²) >= 11 is 0. The Morgan fingerprint density at radius 3 is 2.00 bits per heavy atom. The maximum atomic E-state index is 12.7. The van der Waals surface area contributed by atoms with Crippen LogP contribution in [0.5, 0.6) is 17.2 Å². The first-order chi connectivity index (χ1) is 13.1. The Kier molecular flexibility index (Phi) is 6.26. The molecule has 0 bridgehead atoms. The van der Waals surface area contributed by atoms with Gasteiger partial charge in [0.25, 0.3) is 0 Å². The van der Waals surface area contributed by atoms with E-state index in [9.17, 15) is 4.79 Å². The quantitative estimate of drug-likeness (QED) is 0.389. The topological polar surface area (TPSA) is 35.5 Å². The van der Waals surface area contributed by atoms with E-state index in [-0.39, 0.29) is 17.8 Å². The van der Waals surface area contributed by atoms with Crippen LogP contribution in [0, 0.1) is 11.8 Å². The van der Waals surface area contributed by atoms with Crippen LogP contribution in [0.3, 0.4) is 0 Å². The predicted molar refractivity (Wildman–Crippen MR) is 107 cm³/mol. The van der Waals surface area contributed by atoms with Gasteiger partial charge in [-0.2, -0.15) is 0 Å². The lowest BCUT2D eigenvalue weighted by atomic mass is 9.89. The first kappa shape index (κ1) is 18.7. The molecule has 1 unspecified atom stereocenters. The zero-order valence-corrected chi connectivity index (χ0v) is 15.7. The van der Waals surface area contributed by atoms with Gasteiger partial charge >= 0.3 is 5.97 Å². The number of rotatable bonds is 7. The Labute approximate surface area is 160 Å². The van der Waals surface area contributed by atoms with Gasteiger partial charge in [0.2, 0.25) is 0 Å². The van der Waals surface area contributed by atoms with Gasteiger partial charge < -0.3 is 9.47 Å². The first-order valence-electron chi connectivity index (χ1n) is 9.20. The van der Waals surface area contributed by atoms with Crippen molar-refractivity contribution in [2.45, 2.75) is 20.3 Å². The Balaban J connectivity index is 1.71. The number of carbonyl (C=O) groups excluding carboxylic acids is 1. The second-order valence-corrected chi connectivity index (χ2v) is 6.85. The van der Waals surface area contributed by atoms with Crippen molar-refractivity contribution in [1.29, 1.82) is 0 Å². The van der Waals surface area contributed by atoms with Gasteiger partial charge in [-0.15, -0.1) is 0 Å². The third-order valence-corrected chi connectivity index (χ3v) is 4.40. The molecule has 3 rings (SSSR count). The van der Waals surface area contributed by atoms with E-state index in [0.717, 1.165) is 17.1 Å². The number of hydrogen-bond acceptors (Lipinski definition) is 3. The Hall–Kier alpha value is -3.07. The van der Waals surface area contributed by atoms with Gasteiger partial charge in [-0.05, 0) is 54.3 Å². The van der Waals surface area contributed by atoms with Gasteiger partial charge in [-0.1, -0.05) is 62.4 Å². The summed E-state index contributed by atoms with van der Waals surface area (Å²) in [6.07, 6.45) is 0.606. The highest BCUT2D eigenvalue weighted by atomic mass is 16.5. The molecule has 0 saturated heterocycles. The number of benzene rings is 3. The van der Waals surface area contributed by atoms with E-state index in [2.05, 4.69) is 0 Å². The lowest BCUT2D eigenvalue weighted by Gasteiger charge is -2.19. The van der Waals surface area contributed by atoms with Crippen LogP contribution < -0.4 is 9.47 Å². The van der Waals surface area contributed by atoms with Gasteiger partial charge in [0.05, 0.1) is 5.92 Å². The monoisotopic (exact) mass is 360 g/mol. The highest BCUT2D eigenvalue weighted by molar-refractivity contribution is 5.75. The molecule has 0 aliphatic rings. The van der Waals surface area contributed by atoms with E-state index in [1.54, 1.807) is 12.1 Å². The molecule has 0 aliphatic carbocycles. The molecule has 0 radical (unpaired) electrons. The van der Waals surface area contributed by atoms with E-state index >= 15 is 0 Å². The van der Waals surface area contributed by atoms with Crippen LogP contribution in [-0.4, -0.2) is 5.97 Å². The summed E-state index contributed by atoms with van der Waals surface area (Å²) < 4.78 is 11.5. The minimum Gasteiger partial charge on any atom is -0.457 e. The largest absolute Gasteiger partial charge is 0.457 e. The maximum Gasteiger partial charge on any atom is 0.314 e. The fourth-order valence-electron chi connectivity index (χ4n) is 2.89. The molecule has 27 heavy (non-hydrogen) atoms. The molecule has 0 heterocycles. The van der Waals surface area contributed by atoms with Crippen molar-refractivity contribution in [2.24, 2.45) is 11.8 Å². The third-order valence-electron chi connectivity index (χ3n) is 4.40. The maximum absolute atomic E-state index is 12.7. The fourth-order valence-corrected chi connectivity index (χ4v) is 2.89. The molecule has 0 aliphatic heterocycles. The van der Waals surface area contributed by atoms with Crippen LogP contribution in [0.1, 0.15) is 19.4 Å². The summed E-state index contributed by atoms with van der Waals surface area (Å²) in [5.41, 5.74) is 1.05. The normalized spacial score (nSPS) is 11.8. The zero-order chi connectivity index (χ0) is 19.1. The molecule has 0 N–H and O–H groups in total. The van der Waals surface area contributed by atoms with Crippen LogP contribution >= 0.6 is 0 Å². The summed E-state index contributed by atoms with van der Waals surface area (Å²) in [4.78, 5) is 12.7. The van der Waals surface area contributed by atoms with Crippen LogP contribution in [0.4, 0.5) is 0 Å². The summed E-state index contributed by atoms with van der Waals surface area (Å²) in [5.74, 6) is 1.87. The zero-order valence-electron chi connectivity index (χ0n) is 15.7. The van der Waals surface area contributed by atoms with Crippen molar-refractivity contribution < 1.29 is 14.3 Å². The smallest absolute Gasteiger partial charge is 0.314 e. The Bertz CT molecular complexity index is 857. The van der Waals surface area contributed by atoms with Crippen molar-refractivity contribution in [3.05, 3.63) is 90.5 Å². The summed E-state index contributed by atoms with van der Waals surface area (Å²) in [5, 5.41) is 0. The minimum atomic E-state index is -0.225. The number of esters is 1. The van der Waals surface area contributed by atoms with Crippen LogP contribution in [0.15, 0.2) is 84.9 Å². The SMILES string of the molecule is CC(C)C(Cc1cccc(Oc2ccccc2)c1)C(=O)Oc1ccccc1. The van der Waals surface area contributed by atoms with Crippen molar-refractivity contribution in [3.63, 3.8) is 0 Å². The lowest BCUT2D eigenvalue weighted by Crippen LogP contribution is -2.27. The standard InChI is InChI=1S/C24H24O3/c1-18(2)23(24(25)27-21-13-7-4-8-14-21)17-19-10-9-15-22(16-19)26-20-11-5-3-6-12-20/h3-16,18,23H,17H2,1-2H3. The van der Waals surface area contributed by atoms with E-state index in [1.165, 1.54) is 0 Å². The average Bonchev–Trinajstić information content (AvgIpc) is 2.68. The molecule has 3 aromatic rings. The molecule has 0 amide bonds. The van der Waals surface area contributed by atoms with Gasteiger partial charge in [0.1, 0.15) is 17.2 Å². The second-order valence-electron chi connectivity index (χ2n) is 6.85. The van der Waals surface area contributed by atoms with Gasteiger partial charge in [-0.3, -0.25) is 4.79 Å². The number of para-hydroxylation sites is 2. The molecular weight excluding hydrogens is 336 g/mol.